The first kappa shape index (κ1) is 23.3. The molecule has 4 unspecified atom stereocenters. The first-order chi connectivity index (χ1) is 13.0. The van der Waals surface area contributed by atoms with Gasteiger partial charge in [-0.1, -0.05) is 32.9 Å². The van der Waals surface area contributed by atoms with Crippen molar-refractivity contribution in [3.63, 3.8) is 0 Å². The molecule has 2 fully saturated rings. The summed E-state index contributed by atoms with van der Waals surface area (Å²) in [5, 5.41) is 7.10. The highest BCUT2D eigenvalue weighted by Crippen LogP contribution is 2.52. The number of aliphatic imine (C=N–C) groups is 1. The van der Waals surface area contributed by atoms with Crippen molar-refractivity contribution in [2.45, 2.75) is 58.6 Å². The zero-order chi connectivity index (χ0) is 19.4. The second-order valence-electron chi connectivity index (χ2n) is 8.41. The van der Waals surface area contributed by atoms with E-state index in [0.29, 0.717) is 24.0 Å². The van der Waals surface area contributed by atoms with Crippen LogP contribution in [-0.2, 0) is 4.74 Å². The van der Waals surface area contributed by atoms with E-state index in [1.165, 1.54) is 5.56 Å². The van der Waals surface area contributed by atoms with E-state index >= 15 is 0 Å². The summed E-state index contributed by atoms with van der Waals surface area (Å²) in [7, 11) is 1.70. The van der Waals surface area contributed by atoms with Gasteiger partial charge in [0.25, 0.3) is 0 Å². The maximum absolute atomic E-state index is 5.91. The lowest BCUT2D eigenvalue weighted by Crippen LogP contribution is -2.67. The van der Waals surface area contributed by atoms with Gasteiger partial charge in [-0.2, -0.15) is 0 Å². The van der Waals surface area contributed by atoms with Crippen LogP contribution in [0.1, 0.15) is 52.0 Å². The summed E-state index contributed by atoms with van der Waals surface area (Å²) in [4.78, 5) is 4.84. The Bertz CT molecular complexity index is 648. The van der Waals surface area contributed by atoms with E-state index in [0.717, 1.165) is 44.2 Å². The molecule has 4 atom stereocenters. The number of hydrogen-bond donors (Lipinski definition) is 2. The molecule has 0 amide bonds. The molecule has 0 aromatic heterocycles. The molecule has 28 heavy (non-hydrogen) atoms. The molecule has 2 N–H and O–H groups in total. The molecule has 0 radical (unpaired) electrons. The van der Waals surface area contributed by atoms with Crippen molar-refractivity contribution in [2.75, 3.05) is 26.8 Å². The van der Waals surface area contributed by atoms with Crippen molar-refractivity contribution >= 4 is 29.9 Å². The third kappa shape index (κ3) is 4.93. The van der Waals surface area contributed by atoms with E-state index in [4.69, 9.17) is 14.5 Å². The van der Waals surface area contributed by atoms with Gasteiger partial charge in [0.15, 0.2) is 5.96 Å². The fourth-order valence-electron chi connectivity index (χ4n) is 4.55. The highest BCUT2D eigenvalue weighted by atomic mass is 127. The van der Waals surface area contributed by atoms with E-state index < -0.39 is 0 Å². The third-order valence-corrected chi connectivity index (χ3v) is 6.25. The minimum atomic E-state index is 0. The predicted octanol–water partition coefficient (Wildman–Crippen LogP) is 4.18. The average molecular weight is 501 g/mol. The fourth-order valence-corrected chi connectivity index (χ4v) is 4.55. The van der Waals surface area contributed by atoms with Crippen LogP contribution in [0, 0.1) is 11.3 Å². The van der Waals surface area contributed by atoms with Crippen LogP contribution in [0.15, 0.2) is 29.3 Å². The minimum Gasteiger partial charge on any atom is -0.497 e. The Labute approximate surface area is 187 Å². The molecule has 5 nitrogen and oxygen atoms in total. The number of ether oxygens (including phenoxy) is 2. The summed E-state index contributed by atoms with van der Waals surface area (Å²) >= 11 is 0. The molecule has 0 bridgehead atoms. The number of guanidine groups is 1. The van der Waals surface area contributed by atoms with Crippen LogP contribution >= 0.6 is 24.0 Å². The molecule has 1 saturated carbocycles. The molecule has 0 spiro atoms. The van der Waals surface area contributed by atoms with E-state index in [1.807, 2.05) is 12.1 Å². The summed E-state index contributed by atoms with van der Waals surface area (Å²) in [6, 6.07) is 8.78. The van der Waals surface area contributed by atoms with Crippen molar-refractivity contribution in [1.82, 2.24) is 10.6 Å². The van der Waals surface area contributed by atoms with Crippen molar-refractivity contribution in [2.24, 2.45) is 16.3 Å². The number of methoxy groups -OCH3 is 1. The van der Waals surface area contributed by atoms with Crippen molar-refractivity contribution in [1.29, 1.82) is 0 Å². The average Bonchev–Trinajstić information content (AvgIpc) is 3.13. The van der Waals surface area contributed by atoms with Gasteiger partial charge >= 0.3 is 0 Å². The van der Waals surface area contributed by atoms with E-state index in [-0.39, 0.29) is 29.4 Å². The highest BCUT2D eigenvalue weighted by molar-refractivity contribution is 14.0. The number of nitrogens with zero attached hydrogens (tertiary/aromatic N) is 1. The van der Waals surface area contributed by atoms with E-state index in [9.17, 15) is 0 Å². The molecular formula is C22H36IN3O2. The second kappa shape index (κ2) is 10.1. The standard InChI is InChI=1S/C22H35N3O2.HI/c1-6-23-21(25-19-18-12-14-27-20(18)22(19,3)4)24-13-11-15(2)16-7-9-17(26-5)10-8-16;/h7-10,15,18-20H,6,11-14H2,1-5H3,(H2,23,24,25);1H. The first-order valence-corrected chi connectivity index (χ1v) is 10.3. The number of halogens is 1. The van der Waals surface area contributed by atoms with E-state index in [1.54, 1.807) is 7.11 Å². The van der Waals surface area contributed by atoms with Gasteiger partial charge in [-0.15, -0.1) is 24.0 Å². The summed E-state index contributed by atoms with van der Waals surface area (Å²) in [6.45, 7) is 11.5. The molecule has 1 saturated heterocycles. The van der Waals surface area contributed by atoms with Crippen LogP contribution in [-0.4, -0.2) is 44.9 Å². The molecule has 158 valence electrons. The maximum atomic E-state index is 5.91. The van der Waals surface area contributed by atoms with Crippen LogP contribution in [0.3, 0.4) is 0 Å². The molecule has 1 aliphatic heterocycles. The summed E-state index contributed by atoms with van der Waals surface area (Å²) < 4.78 is 11.1. The Morgan fingerprint density at radius 2 is 2.04 bits per heavy atom. The maximum Gasteiger partial charge on any atom is 0.191 e. The fraction of sp³-hybridized carbons (Fsp3) is 0.682. The van der Waals surface area contributed by atoms with Crippen LogP contribution in [0.2, 0.25) is 0 Å². The van der Waals surface area contributed by atoms with Gasteiger partial charge in [-0.05, 0) is 43.4 Å². The zero-order valence-corrected chi connectivity index (χ0v) is 20.2. The Balaban J connectivity index is 0.00000280. The van der Waals surface area contributed by atoms with Crippen LogP contribution in [0.5, 0.6) is 5.75 Å². The highest BCUT2D eigenvalue weighted by Gasteiger charge is 2.59. The van der Waals surface area contributed by atoms with Crippen LogP contribution < -0.4 is 15.4 Å². The molecule has 1 aliphatic carbocycles. The Morgan fingerprint density at radius 3 is 2.68 bits per heavy atom. The smallest absolute Gasteiger partial charge is 0.191 e. The normalized spacial score (nSPS) is 26.5. The molecule has 1 heterocycles. The van der Waals surface area contributed by atoms with Crippen molar-refractivity contribution < 1.29 is 9.47 Å². The molecular weight excluding hydrogens is 465 g/mol. The lowest BCUT2D eigenvalue weighted by molar-refractivity contribution is -0.106. The zero-order valence-electron chi connectivity index (χ0n) is 17.8. The van der Waals surface area contributed by atoms with E-state index in [2.05, 4.69) is 50.5 Å². The van der Waals surface area contributed by atoms with Gasteiger partial charge in [-0.3, -0.25) is 4.99 Å². The predicted molar refractivity (Wildman–Crippen MR) is 126 cm³/mol. The van der Waals surface area contributed by atoms with Crippen molar-refractivity contribution in [3.05, 3.63) is 29.8 Å². The van der Waals surface area contributed by atoms with Crippen LogP contribution in [0.25, 0.3) is 0 Å². The number of nitrogens with one attached hydrogen (secondary N) is 2. The van der Waals surface area contributed by atoms with Gasteiger partial charge in [0.1, 0.15) is 5.75 Å². The van der Waals surface area contributed by atoms with Gasteiger partial charge in [0, 0.05) is 37.1 Å². The Kier molecular flexibility index (Phi) is 8.43. The van der Waals surface area contributed by atoms with Gasteiger partial charge in [0.2, 0.25) is 0 Å². The SMILES string of the molecule is CCNC(=NCCC(C)c1ccc(OC)cc1)NC1C2CCOC2C1(C)C.I. The minimum absolute atomic E-state index is 0. The van der Waals surface area contributed by atoms with Gasteiger partial charge < -0.3 is 20.1 Å². The lowest BCUT2D eigenvalue weighted by atomic mass is 9.57. The lowest BCUT2D eigenvalue weighted by Gasteiger charge is -2.54. The molecule has 1 aromatic rings. The Morgan fingerprint density at radius 1 is 1.32 bits per heavy atom. The molecule has 1 aromatic carbocycles. The summed E-state index contributed by atoms with van der Waals surface area (Å²) in [6.07, 6.45) is 2.57. The first-order valence-electron chi connectivity index (χ1n) is 10.3. The number of fused-ring (bicyclic) bond motifs is 1. The van der Waals surface area contributed by atoms with Gasteiger partial charge in [-0.25, -0.2) is 0 Å². The van der Waals surface area contributed by atoms with Gasteiger partial charge in [0.05, 0.1) is 13.2 Å². The molecule has 3 rings (SSSR count). The van der Waals surface area contributed by atoms with Crippen LogP contribution in [0.4, 0.5) is 0 Å². The largest absolute Gasteiger partial charge is 0.497 e. The second-order valence-corrected chi connectivity index (χ2v) is 8.41. The Hall–Kier alpha value is -1.02. The number of hydrogen-bond acceptors (Lipinski definition) is 3. The molecule has 6 heteroatoms. The number of benzene rings is 1. The molecule has 2 aliphatic rings. The third-order valence-electron chi connectivity index (χ3n) is 6.25. The number of rotatable bonds is 7. The summed E-state index contributed by atoms with van der Waals surface area (Å²) in [5.41, 5.74) is 1.49. The topological polar surface area (TPSA) is 54.9 Å². The monoisotopic (exact) mass is 501 g/mol. The quantitative estimate of drug-likeness (QED) is 0.335. The van der Waals surface area contributed by atoms with Crippen molar-refractivity contribution in [3.8, 4) is 5.75 Å². The summed E-state index contributed by atoms with van der Waals surface area (Å²) in [5.74, 6) is 2.92.